The number of ether oxygens (including phenoxy) is 3. The van der Waals surface area contributed by atoms with Gasteiger partial charge in [0.15, 0.2) is 5.78 Å². The third-order valence-electron chi connectivity index (χ3n) is 7.19. The van der Waals surface area contributed by atoms with Crippen molar-refractivity contribution >= 4 is 5.78 Å². The quantitative estimate of drug-likeness (QED) is 0.686. The number of hydrogen-bond acceptors (Lipinski definition) is 7. The summed E-state index contributed by atoms with van der Waals surface area (Å²) in [6.45, 7) is 9.26. The van der Waals surface area contributed by atoms with Crippen LogP contribution in [0, 0.1) is 10.8 Å². The second-order valence-corrected chi connectivity index (χ2v) is 10.4. The van der Waals surface area contributed by atoms with Crippen LogP contribution in [0.4, 0.5) is 0 Å². The van der Waals surface area contributed by atoms with Crippen LogP contribution in [-0.2, 0) is 16.1 Å². The van der Waals surface area contributed by atoms with Gasteiger partial charge in [-0.15, -0.1) is 0 Å². The van der Waals surface area contributed by atoms with Crippen LogP contribution in [0.5, 0.6) is 11.6 Å². The molecule has 0 saturated carbocycles. The molecular formula is C27H34N4O4. The lowest BCUT2D eigenvalue weighted by Gasteiger charge is -2.38. The van der Waals surface area contributed by atoms with Crippen molar-refractivity contribution in [2.75, 3.05) is 40.0 Å². The summed E-state index contributed by atoms with van der Waals surface area (Å²) in [6.07, 6.45) is 3.74. The number of carbonyl (C=O) groups is 1. The van der Waals surface area contributed by atoms with E-state index in [-0.39, 0.29) is 17.1 Å². The maximum absolute atomic E-state index is 13.4. The predicted molar refractivity (Wildman–Crippen MR) is 130 cm³/mol. The maximum Gasteiger partial charge on any atom is 0.228 e. The first-order valence-corrected chi connectivity index (χ1v) is 12.4. The molecule has 1 N–H and O–H groups in total. The zero-order valence-electron chi connectivity index (χ0n) is 20.8. The number of methoxy groups -OCH3 is 1. The van der Waals surface area contributed by atoms with Gasteiger partial charge in [-0.2, -0.15) is 0 Å². The minimum absolute atomic E-state index is 0.0878. The van der Waals surface area contributed by atoms with Gasteiger partial charge in [0.2, 0.25) is 5.88 Å². The summed E-state index contributed by atoms with van der Waals surface area (Å²) in [7, 11) is 1.64. The van der Waals surface area contributed by atoms with Crippen molar-refractivity contribution in [1.29, 1.82) is 5.41 Å². The molecule has 35 heavy (non-hydrogen) atoms. The predicted octanol–water partition coefficient (Wildman–Crippen LogP) is 3.26. The number of benzene rings is 1. The normalized spacial score (nSPS) is 21.8. The van der Waals surface area contributed by atoms with Crippen molar-refractivity contribution in [2.45, 2.75) is 45.6 Å². The summed E-state index contributed by atoms with van der Waals surface area (Å²) in [5.74, 6) is 1.59. The van der Waals surface area contributed by atoms with Crippen LogP contribution in [0.15, 0.2) is 41.9 Å². The first-order valence-electron chi connectivity index (χ1n) is 12.4. The van der Waals surface area contributed by atoms with Gasteiger partial charge in [0.05, 0.1) is 25.9 Å². The maximum atomic E-state index is 13.4. The average molecular weight is 479 g/mol. The molecule has 1 saturated heterocycles. The van der Waals surface area contributed by atoms with Crippen LogP contribution in [-0.4, -0.2) is 60.2 Å². The number of hydrogen-bond donors (Lipinski definition) is 1. The number of nitrogens with one attached hydrogen (secondary N) is 1. The van der Waals surface area contributed by atoms with Gasteiger partial charge in [0, 0.05) is 50.5 Å². The molecule has 1 fully saturated rings. The fraction of sp³-hybridized carbons (Fsp3) is 0.519. The number of allylic oxidation sites excluding steroid dienone is 2. The number of aromatic nitrogens is 2. The molecule has 0 bridgehead atoms. The molecule has 5 rings (SSSR count). The topological polar surface area (TPSA) is 89.7 Å². The van der Waals surface area contributed by atoms with Gasteiger partial charge >= 0.3 is 0 Å². The molecule has 1 aliphatic carbocycles. The SMILES string of the molecule is COc1ccc(C2C3=C(CC(C)(C)CC3=O)Oc3ncn(CCCN4CCOCC4)c(=N)c32)cc1. The highest BCUT2D eigenvalue weighted by Gasteiger charge is 2.43. The van der Waals surface area contributed by atoms with Crippen LogP contribution < -0.4 is 15.0 Å². The lowest BCUT2D eigenvalue weighted by molar-refractivity contribution is -0.118. The van der Waals surface area contributed by atoms with E-state index in [2.05, 4.69) is 23.7 Å². The second-order valence-electron chi connectivity index (χ2n) is 10.4. The second kappa shape index (κ2) is 9.59. The van der Waals surface area contributed by atoms with E-state index in [0.717, 1.165) is 50.6 Å². The summed E-state index contributed by atoms with van der Waals surface area (Å²) >= 11 is 0. The molecule has 0 spiro atoms. The molecule has 8 nitrogen and oxygen atoms in total. The number of ketones is 1. The highest BCUT2D eigenvalue weighted by molar-refractivity contribution is 6.00. The molecule has 2 aliphatic heterocycles. The Labute approximate surface area is 206 Å². The minimum atomic E-state index is -0.380. The molecule has 8 heteroatoms. The third kappa shape index (κ3) is 4.77. The van der Waals surface area contributed by atoms with Gasteiger partial charge < -0.3 is 18.8 Å². The first kappa shape index (κ1) is 23.8. The standard InChI is InChI=1S/C27H34N4O4/c1-27(2)15-20(32)23-21(16-27)35-26-24(22(23)18-5-7-19(33-3)8-6-18)25(28)31(17-29-26)10-4-9-30-11-13-34-14-12-30/h5-8,17,22,28H,4,9-16H2,1-3H3. The molecule has 3 aliphatic rings. The fourth-order valence-electron chi connectivity index (χ4n) is 5.39. The molecule has 0 amide bonds. The van der Waals surface area contributed by atoms with Crippen molar-refractivity contribution in [3.63, 3.8) is 0 Å². The third-order valence-corrected chi connectivity index (χ3v) is 7.19. The van der Waals surface area contributed by atoms with Crippen LogP contribution in [0.25, 0.3) is 0 Å². The van der Waals surface area contributed by atoms with E-state index in [4.69, 9.17) is 19.6 Å². The Morgan fingerprint density at radius 1 is 1.14 bits per heavy atom. The number of morpholine rings is 1. The molecule has 186 valence electrons. The molecule has 1 aromatic carbocycles. The Morgan fingerprint density at radius 2 is 1.89 bits per heavy atom. The summed E-state index contributed by atoms with van der Waals surface area (Å²) in [6, 6.07) is 7.76. The zero-order chi connectivity index (χ0) is 24.6. The van der Waals surface area contributed by atoms with Crippen molar-refractivity contribution in [3.8, 4) is 11.6 Å². The lowest BCUT2D eigenvalue weighted by Crippen LogP contribution is -2.38. The largest absolute Gasteiger partial charge is 0.497 e. The number of nitrogens with zero attached hydrogens (tertiary/aromatic N) is 3. The van der Waals surface area contributed by atoms with Gasteiger partial charge in [0.1, 0.15) is 23.3 Å². The van der Waals surface area contributed by atoms with Crippen molar-refractivity contribution in [1.82, 2.24) is 14.5 Å². The van der Waals surface area contributed by atoms with Crippen LogP contribution in [0.1, 0.15) is 50.2 Å². The minimum Gasteiger partial charge on any atom is -0.497 e. The lowest BCUT2D eigenvalue weighted by atomic mass is 9.70. The van der Waals surface area contributed by atoms with Crippen molar-refractivity contribution in [2.24, 2.45) is 5.41 Å². The Hall–Kier alpha value is -2.97. The first-order chi connectivity index (χ1) is 16.9. The molecule has 1 aromatic heterocycles. The van der Waals surface area contributed by atoms with Gasteiger partial charge in [-0.1, -0.05) is 26.0 Å². The molecular weight excluding hydrogens is 444 g/mol. The molecule has 0 radical (unpaired) electrons. The number of Topliss-reactive ketones (excluding diaryl/α,β-unsaturated/α-hetero) is 1. The van der Waals surface area contributed by atoms with Crippen molar-refractivity contribution in [3.05, 3.63) is 58.5 Å². The van der Waals surface area contributed by atoms with E-state index in [1.54, 1.807) is 13.4 Å². The Bertz CT molecular complexity index is 1190. The van der Waals surface area contributed by atoms with Crippen LogP contribution in [0.3, 0.4) is 0 Å². The molecule has 2 aromatic rings. The van der Waals surface area contributed by atoms with Gasteiger partial charge in [0.25, 0.3) is 0 Å². The summed E-state index contributed by atoms with van der Waals surface area (Å²) < 4.78 is 18.9. The fourth-order valence-corrected chi connectivity index (χ4v) is 5.39. The molecule has 1 atom stereocenters. The highest BCUT2D eigenvalue weighted by Crippen LogP contribution is 2.48. The number of aryl methyl sites for hydroxylation is 1. The summed E-state index contributed by atoms with van der Waals surface area (Å²) in [5, 5.41) is 9.11. The van der Waals surface area contributed by atoms with E-state index >= 15 is 0 Å². The summed E-state index contributed by atoms with van der Waals surface area (Å²) in [4.78, 5) is 20.5. The molecule has 3 heterocycles. The smallest absolute Gasteiger partial charge is 0.228 e. The van der Waals surface area contributed by atoms with E-state index < -0.39 is 0 Å². The van der Waals surface area contributed by atoms with Crippen LogP contribution >= 0.6 is 0 Å². The monoisotopic (exact) mass is 478 g/mol. The average Bonchev–Trinajstić information content (AvgIpc) is 2.84. The van der Waals surface area contributed by atoms with Gasteiger partial charge in [-0.3, -0.25) is 15.1 Å². The number of fused-ring (bicyclic) bond motifs is 1. The van der Waals surface area contributed by atoms with E-state index in [1.165, 1.54) is 0 Å². The highest BCUT2D eigenvalue weighted by atomic mass is 16.5. The Kier molecular flexibility index (Phi) is 6.51. The number of rotatable bonds is 6. The molecule has 1 unspecified atom stereocenters. The van der Waals surface area contributed by atoms with Crippen LogP contribution in [0.2, 0.25) is 0 Å². The van der Waals surface area contributed by atoms with E-state index in [0.29, 0.717) is 47.6 Å². The van der Waals surface area contributed by atoms with Gasteiger partial charge in [-0.05, 0) is 29.5 Å². The van der Waals surface area contributed by atoms with Crippen molar-refractivity contribution < 1.29 is 19.0 Å². The van der Waals surface area contributed by atoms with E-state index in [1.807, 2.05) is 28.8 Å². The van der Waals surface area contributed by atoms with Gasteiger partial charge in [-0.25, -0.2) is 4.98 Å². The summed E-state index contributed by atoms with van der Waals surface area (Å²) in [5.41, 5.74) is 2.45. The zero-order valence-corrected chi connectivity index (χ0v) is 20.8. The number of carbonyl (C=O) groups excluding carboxylic acids is 1. The Morgan fingerprint density at radius 3 is 2.60 bits per heavy atom. The van der Waals surface area contributed by atoms with E-state index in [9.17, 15) is 4.79 Å². The Balaban J connectivity index is 1.51.